The SMILES string of the molecule is C[C@@H](CC[C@@H]1OC(C)(C)O[C@H]1CN1CCc2ccccc2C1)C(=O)c1cn2cc(-c3ccn(C)c(=O)c3)ccc2n1. The van der Waals surface area contributed by atoms with Crippen molar-refractivity contribution in [1.82, 2.24) is 18.9 Å². The molecule has 5 heterocycles. The Balaban J connectivity index is 1.10. The number of carbonyl (C=O) groups excluding carboxylic acids is 1. The minimum absolute atomic E-state index is 0.0196. The van der Waals surface area contributed by atoms with Crippen LogP contribution < -0.4 is 5.56 Å². The molecule has 0 saturated carbocycles. The predicted octanol–water partition coefficient (Wildman–Crippen LogP) is 4.88. The van der Waals surface area contributed by atoms with Crippen molar-refractivity contribution in [3.05, 3.63) is 94.3 Å². The van der Waals surface area contributed by atoms with E-state index in [9.17, 15) is 9.59 Å². The van der Waals surface area contributed by atoms with Crippen LogP contribution in [-0.2, 0) is 29.5 Å². The second-order valence-corrected chi connectivity index (χ2v) is 12.0. The predicted molar refractivity (Wildman–Crippen MR) is 158 cm³/mol. The van der Waals surface area contributed by atoms with Crippen molar-refractivity contribution < 1.29 is 14.3 Å². The smallest absolute Gasteiger partial charge is 0.250 e. The van der Waals surface area contributed by atoms with Gasteiger partial charge < -0.3 is 18.4 Å². The van der Waals surface area contributed by atoms with Crippen LogP contribution in [0, 0.1) is 5.92 Å². The topological polar surface area (TPSA) is 78.1 Å². The van der Waals surface area contributed by atoms with E-state index in [0.717, 1.165) is 43.6 Å². The van der Waals surface area contributed by atoms with Crippen molar-refractivity contribution in [1.29, 1.82) is 0 Å². The normalized spacial score (nSPS) is 21.2. The fourth-order valence-electron chi connectivity index (χ4n) is 6.08. The molecule has 2 aliphatic heterocycles. The van der Waals surface area contributed by atoms with Gasteiger partial charge in [-0.1, -0.05) is 31.2 Å². The molecule has 1 saturated heterocycles. The minimum atomic E-state index is -0.640. The van der Waals surface area contributed by atoms with Crippen LogP contribution in [0.3, 0.4) is 0 Å². The number of benzene rings is 1. The Bertz CT molecular complexity index is 1640. The molecular weight excluding hydrogens is 516 g/mol. The van der Waals surface area contributed by atoms with Gasteiger partial charge in [0.05, 0.1) is 12.2 Å². The Kier molecular flexibility index (Phi) is 7.40. The Hall–Kier alpha value is -3.59. The molecule has 1 fully saturated rings. The molecular formula is C33H38N4O4. The Morgan fingerprint density at radius 1 is 1.05 bits per heavy atom. The average Bonchev–Trinajstić information content (AvgIpc) is 3.51. The summed E-state index contributed by atoms with van der Waals surface area (Å²) in [7, 11) is 1.73. The number of imidazole rings is 1. The van der Waals surface area contributed by atoms with Gasteiger partial charge in [0.2, 0.25) is 0 Å². The van der Waals surface area contributed by atoms with E-state index in [1.165, 1.54) is 15.7 Å². The first kappa shape index (κ1) is 27.6. The summed E-state index contributed by atoms with van der Waals surface area (Å²) in [4.78, 5) is 32.5. The van der Waals surface area contributed by atoms with Crippen LogP contribution in [0.1, 0.15) is 55.2 Å². The molecule has 6 rings (SSSR count). The molecule has 3 aromatic heterocycles. The Labute approximate surface area is 240 Å². The highest BCUT2D eigenvalue weighted by molar-refractivity contribution is 5.96. The third-order valence-corrected chi connectivity index (χ3v) is 8.41. The lowest BCUT2D eigenvalue weighted by atomic mass is 9.95. The molecule has 0 amide bonds. The number of pyridine rings is 2. The first-order chi connectivity index (χ1) is 19.6. The van der Waals surface area contributed by atoms with Crippen molar-refractivity contribution >= 4 is 11.4 Å². The van der Waals surface area contributed by atoms with E-state index < -0.39 is 5.79 Å². The van der Waals surface area contributed by atoms with Gasteiger partial charge in [-0.05, 0) is 73.6 Å². The van der Waals surface area contributed by atoms with E-state index in [4.69, 9.17) is 9.47 Å². The van der Waals surface area contributed by atoms with Crippen LogP contribution in [0.4, 0.5) is 0 Å². The number of fused-ring (bicyclic) bond motifs is 2. The maximum atomic E-state index is 13.4. The molecule has 2 aliphatic rings. The van der Waals surface area contributed by atoms with Crippen LogP contribution >= 0.6 is 0 Å². The van der Waals surface area contributed by atoms with Crippen molar-refractivity contribution in [3.8, 4) is 11.1 Å². The van der Waals surface area contributed by atoms with Crippen molar-refractivity contribution in [2.75, 3.05) is 13.1 Å². The Morgan fingerprint density at radius 2 is 1.83 bits per heavy atom. The highest BCUT2D eigenvalue weighted by atomic mass is 16.8. The van der Waals surface area contributed by atoms with Crippen LogP contribution in [-0.4, -0.2) is 55.7 Å². The monoisotopic (exact) mass is 554 g/mol. The van der Waals surface area contributed by atoms with Gasteiger partial charge in [0.1, 0.15) is 11.3 Å². The van der Waals surface area contributed by atoms with Crippen LogP contribution in [0.25, 0.3) is 16.8 Å². The number of hydrogen-bond acceptors (Lipinski definition) is 6. The summed E-state index contributed by atoms with van der Waals surface area (Å²) in [5.74, 6) is -0.823. The van der Waals surface area contributed by atoms with Crippen molar-refractivity contribution in [3.63, 3.8) is 0 Å². The molecule has 0 aliphatic carbocycles. The first-order valence-corrected chi connectivity index (χ1v) is 14.5. The van der Waals surface area contributed by atoms with E-state index >= 15 is 0 Å². The number of nitrogens with zero attached hydrogens (tertiary/aromatic N) is 4. The van der Waals surface area contributed by atoms with Gasteiger partial charge in [-0.3, -0.25) is 14.5 Å². The maximum absolute atomic E-state index is 13.4. The van der Waals surface area contributed by atoms with Gasteiger partial charge in [0, 0.05) is 57.3 Å². The molecule has 8 nitrogen and oxygen atoms in total. The van der Waals surface area contributed by atoms with Crippen LogP contribution in [0.15, 0.2) is 71.9 Å². The third kappa shape index (κ3) is 5.91. The number of rotatable bonds is 8. The zero-order valence-corrected chi connectivity index (χ0v) is 24.2. The number of Topliss-reactive ketones (excluding diaryl/α,β-unsaturated/α-hetero) is 1. The number of aromatic nitrogens is 3. The molecule has 0 N–H and O–H groups in total. The van der Waals surface area contributed by atoms with Crippen LogP contribution in [0.5, 0.6) is 0 Å². The number of ether oxygens (including phenoxy) is 2. The summed E-state index contributed by atoms with van der Waals surface area (Å²) in [5.41, 5.74) is 5.63. The molecule has 0 bridgehead atoms. The summed E-state index contributed by atoms with van der Waals surface area (Å²) in [6.45, 7) is 8.66. The standard InChI is InChI=1S/C33H38N4O4/c1-22(32(39)27-20-37-19-26(10-12-30(37)34-27)24-13-15-35(4)31(38)17-24)9-11-28-29(41-33(2,3)40-28)21-36-16-14-23-7-5-6-8-25(23)18-36/h5-8,10,12-13,15,17,19-20,22,28-29H,9,11,14,16,18,21H2,1-4H3/t22-,28-,29-/m0/s1. The minimum Gasteiger partial charge on any atom is -0.345 e. The second-order valence-electron chi connectivity index (χ2n) is 12.0. The molecule has 1 aromatic carbocycles. The highest BCUT2D eigenvalue weighted by Crippen LogP contribution is 2.33. The molecule has 4 aromatic rings. The van der Waals surface area contributed by atoms with Gasteiger partial charge in [-0.15, -0.1) is 0 Å². The van der Waals surface area contributed by atoms with Gasteiger partial charge >= 0.3 is 0 Å². The molecule has 8 heteroatoms. The third-order valence-electron chi connectivity index (χ3n) is 8.41. The lowest BCUT2D eigenvalue weighted by molar-refractivity contribution is -0.148. The molecule has 0 unspecified atom stereocenters. The zero-order valence-electron chi connectivity index (χ0n) is 24.2. The molecule has 0 spiro atoms. The lowest BCUT2D eigenvalue weighted by Crippen LogP contribution is -2.40. The largest absolute Gasteiger partial charge is 0.345 e. The first-order valence-electron chi connectivity index (χ1n) is 14.5. The summed E-state index contributed by atoms with van der Waals surface area (Å²) < 4.78 is 16.1. The summed E-state index contributed by atoms with van der Waals surface area (Å²) in [5, 5.41) is 0. The van der Waals surface area contributed by atoms with E-state index in [-0.39, 0.29) is 29.5 Å². The second kappa shape index (κ2) is 11.0. The fraction of sp³-hybridized carbons (Fsp3) is 0.424. The lowest BCUT2D eigenvalue weighted by Gasteiger charge is -2.31. The summed E-state index contributed by atoms with van der Waals surface area (Å²) in [6, 6.07) is 16.0. The van der Waals surface area contributed by atoms with Crippen molar-refractivity contribution in [2.45, 2.75) is 64.6 Å². The molecule has 0 radical (unpaired) electrons. The van der Waals surface area contributed by atoms with E-state index in [1.54, 1.807) is 25.5 Å². The fourth-order valence-corrected chi connectivity index (χ4v) is 6.08. The van der Waals surface area contributed by atoms with E-state index in [0.29, 0.717) is 17.8 Å². The van der Waals surface area contributed by atoms with Gasteiger partial charge in [-0.25, -0.2) is 4.98 Å². The Morgan fingerprint density at radius 3 is 2.63 bits per heavy atom. The number of carbonyl (C=O) groups is 1. The molecule has 3 atom stereocenters. The summed E-state index contributed by atoms with van der Waals surface area (Å²) >= 11 is 0. The number of aryl methyl sites for hydroxylation is 1. The van der Waals surface area contributed by atoms with E-state index in [2.05, 4.69) is 34.1 Å². The van der Waals surface area contributed by atoms with E-state index in [1.807, 2.05) is 49.6 Å². The highest BCUT2D eigenvalue weighted by Gasteiger charge is 2.42. The summed E-state index contributed by atoms with van der Waals surface area (Å²) in [6.07, 6.45) is 7.82. The van der Waals surface area contributed by atoms with Gasteiger partial charge in [0.25, 0.3) is 5.56 Å². The quantitative estimate of drug-likeness (QED) is 0.289. The zero-order chi connectivity index (χ0) is 28.7. The van der Waals surface area contributed by atoms with Crippen molar-refractivity contribution in [2.24, 2.45) is 13.0 Å². The molecule has 214 valence electrons. The number of hydrogen-bond donors (Lipinski definition) is 0. The average molecular weight is 555 g/mol. The maximum Gasteiger partial charge on any atom is 0.250 e. The molecule has 41 heavy (non-hydrogen) atoms. The van der Waals surface area contributed by atoms with Gasteiger partial charge in [-0.2, -0.15) is 0 Å². The van der Waals surface area contributed by atoms with Crippen LogP contribution in [0.2, 0.25) is 0 Å². The number of ketones is 1. The van der Waals surface area contributed by atoms with Gasteiger partial charge in [0.15, 0.2) is 11.6 Å².